The molecule has 0 aliphatic heterocycles. The molecule has 1 aromatic carbocycles. The van der Waals surface area contributed by atoms with Gasteiger partial charge in [-0.2, -0.15) is 5.10 Å². The predicted octanol–water partition coefficient (Wildman–Crippen LogP) is 2.97. The summed E-state index contributed by atoms with van der Waals surface area (Å²) in [7, 11) is 0. The normalized spacial score (nSPS) is 11.2. The molecule has 0 bridgehead atoms. The minimum absolute atomic E-state index is 0.562. The van der Waals surface area contributed by atoms with Gasteiger partial charge in [-0.15, -0.1) is 0 Å². The van der Waals surface area contributed by atoms with E-state index in [9.17, 15) is 0 Å². The number of nitrogens with two attached hydrogens (primary N) is 1. The van der Waals surface area contributed by atoms with Crippen molar-refractivity contribution in [1.82, 2.24) is 9.78 Å². The maximum Gasteiger partial charge on any atom is 0.0568 e. The fraction of sp³-hybridized carbons (Fsp3) is 0.400. The standard InChI is InChI=1S/C15H21N3/c1-11(2)9-18-10-14(8-17-18)15-5-4-12(3)6-13(15)7-16/h4-6,8,10-11H,7,9,16H2,1-3H3. The molecule has 1 aromatic heterocycles. The molecule has 0 spiro atoms. The Hall–Kier alpha value is -1.61. The molecule has 18 heavy (non-hydrogen) atoms. The van der Waals surface area contributed by atoms with Crippen LogP contribution in [0.2, 0.25) is 0 Å². The number of aromatic nitrogens is 2. The Morgan fingerprint density at radius 3 is 2.78 bits per heavy atom. The van der Waals surface area contributed by atoms with Gasteiger partial charge in [0.15, 0.2) is 0 Å². The third-order valence-corrected chi connectivity index (χ3v) is 2.98. The van der Waals surface area contributed by atoms with E-state index in [4.69, 9.17) is 5.73 Å². The lowest BCUT2D eigenvalue weighted by Gasteiger charge is -2.07. The summed E-state index contributed by atoms with van der Waals surface area (Å²) in [5.74, 6) is 0.602. The molecular weight excluding hydrogens is 222 g/mol. The Balaban J connectivity index is 2.33. The van der Waals surface area contributed by atoms with Gasteiger partial charge in [-0.3, -0.25) is 4.68 Å². The average molecular weight is 243 g/mol. The number of nitrogens with zero attached hydrogens (tertiary/aromatic N) is 2. The first-order valence-corrected chi connectivity index (χ1v) is 6.42. The quantitative estimate of drug-likeness (QED) is 0.897. The smallest absolute Gasteiger partial charge is 0.0568 e. The van der Waals surface area contributed by atoms with Crippen LogP contribution in [0.25, 0.3) is 11.1 Å². The summed E-state index contributed by atoms with van der Waals surface area (Å²) in [6.07, 6.45) is 4.02. The van der Waals surface area contributed by atoms with E-state index in [2.05, 4.69) is 50.3 Å². The van der Waals surface area contributed by atoms with Crippen molar-refractivity contribution >= 4 is 0 Å². The summed E-state index contributed by atoms with van der Waals surface area (Å²) in [6, 6.07) is 6.40. The first-order chi connectivity index (χ1) is 8.60. The van der Waals surface area contributed by atoms with E-state index in [1.54, 1.807) is 0 Å². The van der Waals surface area contributed by atoms with Gasteiger partial charge in [0.05, 0.1) is 6.20 Å². The van der Waals surface area contributed by atoms with Gasteiger partial charge in [-0.25, -0.2) is 0 Å². The zero-order valence-electron chi connectivity index (χ0n) is 11.4. The van der Waals surface area contributed by atoms with E-state index in [1.807, 2.05) is 10.9 Å². The number of hydrogen-bond donors (Lipinski definition) is 1. The minimum Gasteiger partial charge on any atom is -0.326 e. The van der Waals surface area contributed by atoms with Gasteiger partial charge < -0.3 is 5.73 Å². The number of rotatable bonds is 4. The summed E-state index contributed by atoms with van der Waals surface area (Å²) in [4.78, 5) is 0. The van der Waals surface area contributed by atoms with Gasteiger partial charge >= 0.3 is 0 Å². The molecule has 1 heterocycles. The second-order valence-electron chi connectivity index (χ2n) is 5.21. The van der Waals surface area contributed by atoms with Crippen molar-refractivity contribution in [2.24, 2.45) is 11.7 Å². The first-order valence-electron chi connectivity index (χ1n) is 6.42. The largest absolute Gasteiger partial charge is 0.326 e. The lowest BCUT2D eigenvalue weighted by molar-refractivity contribution is 0.483. The predicted molar refractivity (Wildman–Crippen MR) is 75.1 cm³/mol. The van der Waals surface area contributed by atoms with Crippen LogP contribution < -0.4 is 5.73 Å². The van der Waals surface area contributed by atoms with Crippen molar-refractivity contribution < 1.29 is 0 Å². The molecule has 0 saturated heterocycles. The summed E-state index contributed by atoms with van der Waals surface area (Å²) in [6.45, 7) is 7.98. The molecule has 96 valence electrons. The molecule has 0 fully saturated rings. The Bertz CT molecular complexity index is 526. The molecule has 2 aromatic rings. The molecule has 0 amide bonds. The third kappa shape index (κ3) is 2.79. The molecular formula is C15H21N3. The van der Waals surface area contributed by atoms with E-state index in [1.165, 1.54) is 16.7 Å². The molecule has 0 aliphatic rings. The molecule has 2 N–H and O–H groups in total. The molecule has 3 nitrogen and oxygen atoms in total. The van der Waals surface area contributed by atoms with E-state index < -0.39 is 0 Å². The van der Waals surface area contributed by atoms with Crippen LogP contribution in [0.5, 0.6) is 0 Å². The van der Waals surface area contributed by atoms with Crippen molar-refractivity contribution in [1.29, 1.82) is 0 Å². The molecule has 0 radical (unpaired) electrons. The third-order valence-electron chi connectivity index (χ3n) is 2.98. The summed E-state index contributed by atoms with van der Waals surface area (Å²) in [5, 5.41) is 4.41. The summed E-state index contributed by atoms with van der Waals surface area (Å²) < 4.78 is 2.00. The minimum atomic E-state index is 0.562. The highest BCUT2D eigenvalue weighted by atomic mass is 15.3. The first kappa shape index (κ1) is 12.8. The highest BCUT2D eigenvalue weighted by Gasteiger charge is 2.07. The molecule has 2 rings (SSSR count). The van der Waals surface area contributed by atoms with Crippen molar-refractivity contribution in [3.8, 4) is 11.1 Å². The summed E-state index contributed by atoms with van der Waals surface area (Å²) >= 11 is 0. The average Bonchev–Trinajstić information content (AvgIpc) is 2.76. The maximum atomic E-state index is 5.82. The van der Waals surface area contributed by atoms with E-state index in [0.29, 0.717) is 12.5 Å². The van der Waals surface area contributed by atoms with Gasteiger partial charge in [0, 0.05) is 24.8 Å². The van der Waals surface area contributed by atoms with Crippen LogP contribution in [-0.4, -0.2) is 9.78 Å². The van der Waals surface area contributed by atoms with Crippen LogP contribution in [-0.2, 0) is 13.1 Å². The maximum absolute atomic E-state index is 5.82. The SMILES string of the molecule is Cc1ccc(-c2cnn(CC(C)C)c2)c(CN)c1. The Morgan fingerprint density at radius 2 is 2.11 bits per heavy atom. The van der Waals surface area contributed by atoms with Crippen LogP contribution in [0.4, 0.5) is 0 Å². The monoisotopic (exact) mass is 243 g/mol. The van der Waals surface area contributed by atoms with Crippen LogP contribution in [0.3, 0.4) is 0 Å². The molecule has 0 atom stereocenters. The highest BCUT2D eigenvalue weighted by Crippen LogP contribution is 2.24. The van der Waals surface area contributed by atoms with Gasteiger partial charge in [0.1, 0.15) is 0 Å². The summed E-state index contributed by atoms with van der Waals surface area (Å²) in [5.41, 5.74) is 10.6. The lowest BCUT2D eigenvalue weighted by Crippen LogP contribution is -2.04. The Kier molecular flexibility index (Phi) is 3.82. The molecule has 3 heteroatoms. The zero-order chi connectivity index (χ0) is 13.1. The van der Waals surface area contributed by atoms with E-state index >= 15 is 0 Å². The van der Waals surface area contributed by atoms with Crippen LogP contribution in [0, 0.1) is 12.8 Å². The number of hydrogen-bond acceptors (Lipinski definition) is 2. The highest BCUT2D eigenvalue weighted by molar-refractivity contribution is 5.66. The van der Waals surface area contributed by atoms with Gasteiger partial charge in [-0.05, 0) is 24.0 Å². The molecule has 0 aliphatic carbocycles. The topological polar surface area (TPSA) is 43.8 Å². The second-order valence-corrected chi connectivity index (χ2v) is 5.21. The van der Waals surface area contributed by atoms with Gasteiger partial charge in [0.2, 0.25) is 0 Å². The van der Waals surface area contributed by atoms with Gasteiger partial charge in [-0.1, -0.05) is 37.6 Å². The lowest BCUT2D eigenvalue weighted by atomic mass is 10.0. The van der Waals surface area contributed by atoms with Crippen molar-refractivity contribution in [3.63, 3.8) is 0 Å². The van der Waals surface area contributed by atoms with Gasteiger partial charge in [0.25, 0.3) is 0 Å². The zero-order valence-corrected chi connectivity index (χ0v) is 11.4. The van der Waals surface area contributed by atoms with Crippen LogP contribution in [0.1, 0.15) is 25.0 Å². The fourth-order valence-corrected chi connectivity index (χ4v) is 2.15. The van der Waals surface area contributed by atoms with E-state index in [-0.39, 0.29) is 0 Å². The van der Waals surface area contributed by atoms with Crippen molar-refractivity contribution in [2.75, 3.05) is 0 Å². The van der Waals surface area contributed by atoms with Crippen LogP contribution in [0.15, 0.2) is 30.6 Å². The van der Waals surface area contributed by atoms with Crippen molar-refractivity contribution in [2.45, 2.75) is 33.9 Å². The Morgan fingerprint density at radius 1 is 1.33 bits per heavy atom. The second kappa shape index (κ2) is 5.36. The molecule has 0 saturated carbocycles. The van der Waals surface area contributed by atoms with Crippen LogP contribution >= 0.6 is 0 Å². The van der Waals surface area contributed by atoms with E-state index in [0.717, 1.165) is 12.1 Å². The van der Waals surface area contributed by atoms with Crippen molar-refractivity contribution in [3.05, 3.63) is 41.7 Å². The Labute approximate surface area is 109 Å². The fourth-order valence-electron chi connectivity index (χ4n) is 2.15. The molecule has 0 unspecified atom stereocenters. The number of aryl methyl sites for hydroxylation is 1. The number of benzene rings is 1.